The Balaban J connectivity index is 3.76. The molecule has 0 heterocycles. The zero-order chi connectivity index (χ0) is 9.45. The van der Waals surface area contributed by atoms with Crippen LogP contribution in [0.25, 0.3) is 0 Å². The average Bonchev–Trinajstić information content (AvgIpc) is 2.14. The first-order valence-electron chi connectivity index (χ1n) is 4.04. The fourth-order valence-corrected chi connectivity index (χ4v) is 3.73. The Morgan fingerprint density at radius 1 is 1.08 bits per heavy atom. The summed E-state index contributed by atoms with van der Waals surface area (Å²) in [6.45, 7) is 0.975. The first kappa shape index (κ1) is 12.6. The Morgan fingerprint density at radius 3 is 1.92 bits per heavy atom. The van der Waals surface area contributed by atoms with Crippen molar-refractivity contribution >= 4 is 0 Å². The summed E-state index contributed by atoms with van der Waals surface area (Å²) in [6, 6.07) is 0. The average molecular weight is 213 g/mol. The second-order valence-corrected chi connectivity index (χ2v) is 7.33. The Bertz CT molecular complexity index is 101. The van der Waals surface area contributed by atoms with E-state index in [1.54, 1.807) is 21.3 Å². The van der Waals surface area contributed by atoms with Crippen molar-refractivity contribution in [3.63, 3.8) is 0 Å². The second kappa shape index (κ2) is 7.01. The summed E-state index contributed by atoms with van der Waals surface area (Å²) in [6.07, 6.45) is 1.03. The van der Waals surface area contributed by atoms with Gasteiger partial charge in [0, 0.05) is 0 Å². The number of hydrogen-bond acceptors (Lipinski definition) is 4. The molecule has 0 atom stereocenters. The number of rotatable bonds is 7. The van der Waals surface area contributed by atoms with Crippen molar-refractivity contribution in [2.24, 2.45) is 0 Å². The predicted octanol–water partition coefficient (Wildman–Crippen LogP) is 0.852. The van der Waals surface area contributed by atoms with Crippen LogP contribution in [0.1, 0.15) is 6.42 Å². The molecule has 0 aliphatic heterocycles. The maximum absolute atomic E-state index is 5.30. The summed E-state index contributed by atoms with van der Waals surface area (Å²) >= 11 is -2.80. The normalized spacial score (nSPS) is 12.0. The molecule has 0 radical (unpaired) electrons. The van der Waals surface area contributed by atoms with Crippen LogP contribution in [0.15, 0.2) is 0 Å². The predicted molar refractivity (Wildman–Crippen MR) is 44.4 cm³/mol. The standard InChI is InChI=1S/C4H10N.3CH3O.Ti/c1-3-4-5-2;3*1-2;/h5H,1,3-4H2,2H3;3*1H3;/q;3*-1;+3. The van der Waals surface area contributed by atoms with Gasteiger partial charge in [0.25, 0.3) is 0 Å². The van der Waals surface area contributed by atoms with Crippen LogP contribution in [-0.2, 0) is 27.7 Å². The van der Waals surface area contributed by atoms with Crippen LogP contribution in [0, 0.1) is 0 Å². The van der Waals surface area contributed by atoms with Gasteiger partial charge in [-0.3, -0.25) is 0 Å². The molecule has 0 spiro atoms. The van der Waals surface area contributed by atoms with Gasteiger partial charge in [-0.2, -0.15) is 0 Å². The molecule has 0 aliphatic rings. The van der Waals surface area contributed by atoms with Crippen molar-refractivity contribution in [1.82, 2.24) is 5.32 Å². The summed E-state index contributed by atoms with van der Waals surface area (Å²) < 4.78 is 16.8. The minimum absolute atomic E-state index is 0.907. The molecule has 0 unspecified atom stereocenters. The van der Waals surface area contributed by atoms with E-state index < -0.39 is 17.8 Å². The molecule has 0 saturated heterocycles. The molecule has 1 N–H and O–H groups in total. The second-order valence-electron chi connectivity index (χ2n) is 2.50. The fourth-order valence-electron chi connectivity index (χ4n) is 1.04. The Hall–Kier alpha value is 0.554. The SMILES string of the molecule is CNCC[CH2][Ti]([O]C)([O]C)[O]C. The van der Waals surface area contributed by atoms with Gasteiger partial charge >= 0.3 is 79.1 Å². The fraction of sp³-hybridized carbons (Fsp3) is 1.00. The van der Waals surface area contributed by atoms with Gasteiger partial charge in [-0.05, 0) is 0 Å². The molecule has 0 fully saturated rings. The molecule has 12 heavy (non-hydrogen) atoms. The van der Waals surface area contributed by atoms with Gasteiger partial charge in [0.1, 0.15) is 0 Å². The van der Waals surface area contributed by atoms with Gasteiger partial charge in [-0.15, -0.1) is 0 Å². The monoisotopic (exact) mass is 213 g/mol. The number of nitrogens with one attached hydrogen (secondary N) is 1. The van der Waals surface area contributed by atoms with Crippen LogP contribution in [-0.4, -0.2) is 34.9 Å². The first-order valence-corrected chi connectivity index (χ1v) is 7.06. The van der Waals surface area contributed by atoms with Crippen molar-refractivity contribution in [3.05, 3.63) is 0 Å². The quantitative estimate of drug-likeness (QED) is 0.502. The third-order valence-electron chi connectivity index (χ3n) is 1.84. The molecule has 0 rings (SSSR count). The van der Waals surface area contributed by atoms with E-state index in [1.807, 2.05) is 7.05 Å². The Kier molecular flexibility index (Phi) is 7.33. The van der Waals surface area contributed by atoms with Gasteiger partial charge in [0.15, 0.2) is 0 Å². The van der Waals surface area contributed by atoms with Gasteiger partial charge in [-0.1, -0.05) is 0 Å². The zero-order valence-electron chi connectivity index (χ0n) is 8.35. The third kappa shape index (κ3) is 3.98. The van der Waals surface area contributed by atoms with E-state index in [2.05, 4.69) is 5.32 Å². The van der Waals surface area contributed by atoms with Crippen molar-refractivity contribution in [1.29, 1.82) is 0 Å². The molecular formula is C7H19NO3Ti. The number of hydrogen-bond donors (Lipinski definition) is 1. The Labute approximate surface area is 79.4 Å². The van der Waals surface area contributed by atoms with Crippen LogP contribution in [0.3, 0.4) is 0 Å². The van der Waals surface area contributed by atoms with Crippen LogP contribution < -0.4 is 5.32 Å². The molecule has 74 valence electrons. The molecular weight excluding hydrogens is 194 g/mol. The molecule has 0 aliphatic carbocycles. The van der Waals surface area contributed by atoms with Gasteiger partial charge in [-0.25, -0.2) is 0 Å². The van der Waals surface area contributed by atoms with E-state index in [-0.39, 0.29) is 0 Å². The molecule has 4 nitrogen and oxygen atoms in total. The molecule has 0 aromatic heterocycles. The van der Waals surface area contributed by atoms with E-state index in [1.165, 1.54) is 0 Å². The van der Waals surface area contributed by atoms with E-state index in [0.717, 1.165) is 17.7 Å². The van der Waals surface area contributed by atoms with E-state index in [4.69, 9.17) is 9.96 Å². The van der Waals surface area contributed by atoms with E-state index in [0.29, 0.717) is 0 Å². The van der Waals surface area contributed by atoms with Crippen LogP contribution in [0.2, 0.25) is 4.73 Å². The Morgan fingerprint density at radius 2 is 1.58 bits per heavy atom. The molecule has 0 saturated carbocycles. The van der Waals surface area contributed by atoms with Crippen molar-refractivity contribution in [2.45, 2.75) is 11.1 Å². The summed E-state index contributed by atoms with van der Waals surface area (Å²) in [4.78, 5) is 0. The topological polar surface area (TPSA) is 39.7 Å². The van der Waals surface area contributed by atoms with Crippen molar-refractivity contribution in [2.75, 3.05) is 34.9 Å². The van der Waals surface area contributed by atoms with Gasteiger partial charge in [0.2, 0.25) is 0 Å². The van der Waals surface area contributed by atoms with Crippen LogP contribution in [0.5, 0.6) is 0 Å². The summed E-state index contributed by atoms with van der Waals surface area (Å²) in [7, 11) is 6.91. The van der Waals surface area contributed by atoms with Crippen molar-refractivity contribution < 1.29 is 27.7 Å². The van der Waals surface area contributed by atoms with Gasteiger partial charge < -0.3 is 0 Å². The van der Waals surface area contributed by atoms with Gasteiger partial charge in [0.05, 0.1) is 0 Å². The van der Waals surface area contributed by atoms with Crippen molar-refractivity contribution in [3.8, 4) is 0 Å². The van der Waals surface area contributed by atoms with E-state index in [9.17, 15) is 0 Å². The van der Waals surface area contributed by atoms with E-state index >= 15 is 0 Å². The molecule has 5 heteroatoms. The summed E-state index contributed by atoms with van der Waals surface area (Å²) in [5.74, 6) is 0. The molecule has 0 aromatic carbocycles. The first-order chi connectivity index (χ1) is 5.74. The molecule has 0 amide bonds. The zero-order valence-corrected chi connectivity index (χ0v) is 9.91. The molecule has 0 aromatic rings. The summed E-state index contributed by atoms with van der Waals surface area (Å²) in [5, 5.41) is 3.08. The summed E-state index contributed by atoms with van der Waals surface area (Å²) in [5.41, 5.74) is 0. The maximum atomic E-state index is 5.30. The van der Waals surface area contributed by atoms with Crippen LogP contribution >= 0.6 is 0 Å². The molecule has 0 bridgehead atoms. The third-order valence-corrected chi connectivity index (χ3v) is 6.26. The van der Waals surface area contributed by atoms with Crippen LogP contribution in [0.4, 0.5) is 0 Å². The minimum atomic E-state index is -2.80.